The Balaban J connectivity index is 1.86. The lowest BCUT2D eigenvalue weighted by Crippen LogP contribution is -2.04. The van der Waals surface area contributed by atoms with Gasteiger partial charge >= 0.3 is 0 Å². The lowest BCUT2D eigenvalue weighted by atomic mass is 10.1. The molecule has 0 radical (unpaired) electrons. The van der Waals surface area contributed by atoms with E-state index in [0.29, 0.717) is 5.92 Å². The summed E-state index contributed by atoms with van der Waals surface area (Å²) in [5.41, 5.74) is 3.74. The van der Waals surface area contributed by atoms with Crippen LogP contribution in [0.25, 0.3) is 10.9 Å². The number of fused-ring (bicyclic) bond motifs is 1. The van der Waals surface area contributed by atoms with E-state index in [0.717, 1.165) is 18.8 Å². The fourth-order valence-corrected chi connectivity index (χ4v) is 3.36. The minimum atomic E-state index is 0.509. The van der Waals surface area contributed by atoms with Gasteiger partial charge < -0.3 is 9.88 Å². The molecule has 0 spiro atoms. The van der Waals surface area contributed by atoms with E-state index in [1.165, 1.54) is 21.5 Å². The highest BCUT2D eigenvalue weighted by atomic mass is 32.1. The Bertz CT molecular complexity index is 739. The molecule has 0 fully saturated rings. The summed E-state index contributed by atoms with van der Waals surface area (Å²) in [5, 5.41) is 7.88. The van der Waals surface area contributed by atoms with E-state index in [1.54, 1.807) is 11.3 Å². The molecule has 3 rings (SSSR count). The Morgan fingerprint density at radius 3 is 2.86 bits per heavy atom. The molecule has 21 heavy (non-hydrogen) atoms. The zero-order chi connectivity index (χ0) is 14.8. The number of hydrogen-bond donors (Lipinski definition) is 1. The second-order valence-electron chi connectivity index (χ2n) is 5.70. The van der Waals surface area contributed by atoms with Crippen LogP contribution >= 0.6 is 11.3 Å². The SMILES string of the molecule is CNCc1ccc2c(ccn2Cc2csc(C(C)C)n2)c1. The molecule has 0 aliphatic heterocycles. The molecule has 1 N–H and O–H groups in total. The largest absolute Gasteiger partial charge is 0.341 e. The smallest absolute Gasteiger partial charge is 0.0954 e. The lowest BCUT2D eigenvalue weighted by molar-refractivity contribution is 0.787. The molecule has 0 saturated heterocycles. The molecule has 3 aromatic rings. The Morgan fingerprint density at radius 2 is 2.14 bits per heavy atom. The third-order valence-electron chi connectivity index (χ3n) is 3.61. The van der Waals surface area contributed by atoms with Gasteiger partial charge in [-0.15, -0.1) is 11.3 Å². The molecule has 2 heterocycles. The van der Waals surface area contributed by atoms with Gasteiger partial charge in [0.05, 0.1) is 17.2 Å². The average molecular weight is 299 g/mol. The molecule has 0 atom stereocenters. The van der Waals surface area contributed by atoms with Crippen LogP contribution in [0.15, 0.2) is 35.8 Å². The van der Waals surface area contributed by atoms with Crippen molar-refractivity contribution in [3.8, 4) is 0 Å². The van der Waals surface area contributed by atoms with E-state index in [2.05, 4.69) is 59.6 Å². The van der Waals surface area contributed by atoms with Crippen molar-refractivity contribution in [2.75, 3.05) is 7.05 Å². The summed E-state index contributed by atoms with van der Waals surface area (Å²) >= 11 is 1.76. The summed E-state index contributed by atoms with van der Waals surface area (Å²) in [5.74, 6) is 0.509. The van der Waals surface area contributed by atoms with Gasteiger partial charge in [-0.2, -0.15) is 0 Å². The maximum absolute atomic E-state index is 4.73. The number of aromatic nitrogens is 2. The Kier molecular flexibility index (Phi) is 4.08. The summed E-state index contributed by atoms with van der Waals surface area (Å²) in [6, 6.07) is 8.83. The van der Waals surface area contributed by atoms with Gasteiger partial charge in [-0.1, -0.05) is 19.9 Å². The van der Waals surface area contributed by atoms with Crippen molar-refractivity contribution in [2.45, 2.75) is 32.9 Å². The zero-order valence-corrected chi connectivity index (χ0v) is 13.6. The fraction of sp³-hybridized carbons (Fsp3) is 0.353. The van der Waals surface area contributed by atoms with Crippen molar-refractivity contribution < 1.29 is 0 Å². The van der Waals surface area contributed by atoms with E-state index in [4.69, 9.17) is 4.98 Å². The summed E-state index contributed by atoms with van der Waals surface area (Å²) in [6.45, 7) is 6.14. The Labute approximate surface area is 129 Å². The van der Waals surface area contributed by atoms with Crippen molar-refractivity contribution in [1.29, 1.82) is 0 Å². The highest BCUT2D eigenvalue weighted by molar-refractivity contribution is 7.09. The van der Waals surface area contributed by atoms with Crippen molar-refractivity contribution in [1.82, 2.24) is 14.9 Å². The first-order valence-corrected chi connectivity index (χ1v) is 8.22. The van der Waals surface area contributed by atoms with Crippen LogP contribution in [-0.4, -0.2) is 16.6 Å². The number of nitrogens with one attached hydrogen (secondary N) is 1. The molecule has 110 valence electrons. The van der Waals surface area contributed by atoms with Gasteiger partial charge in [-0.05, 0) is 36.2 Å². The second kappa shape index (κ2) is 6.00. The predicted molar refractivity (Wildman–Crippen MR) is 90.0 cm³/mol. The normalized spacial score (nSPS) is 11.6. The maximum atomic E-state index is 4.73. The van der Waals surface area contributed by atoms with Crippen molar-refractivity contribution >= 4 is 22.2 Å². The predicted octanol–water partition coefficient (Wildman–Crippen LogP) is 3.99. The average Bonchev–Trinajstić information content (AvgIpc) is 3.07. The van der Waals surface area contributed by atoms with E-state index in [1.807, 2.05) is 7.05 Å². The molecule has 4 heteroatoms. The second-order valence-corrected chi connectivity index (χ2v) is 6.59. The van der Waals surface area contributed by atoms with Gasteiger partial charge in [0.25, 0.3) is 0 Å². The number of thiazole rings is 1. The zero-order valence-electron chi connectivity index (χ0n) is 12.8. The first kappa shape index (κ1) is 14.3. The number of benzene rings is 1. The summed E-state index contributed by atoms with van der Waals surface area (Å²) < 4.78 is 2.28. The standard InChI is InChI=1S/C17H21N3S/c1-12(2)17-19-15(11-21-17)10-20-7-6-14-8-13(9-18-3)4-5-16(14)20/h4-8,11-12,18H,9-10H2,1-3H3. The summed E-state index contributed by atoms with van der Waals surface area (Å²) in [6.07, 6.45) is 2.15. The first-order valence-electron chi connectivity index (χ1n) is 7.34. The van der Waals surface area contributed by atoms with Gasteiger partial charge in [0, 0.05) is 29.6 Å². The van der Waals surface area contributed by atoms with Gasteiger partial charge in [0.15, 0.2) is 0 Å². The van der Waals surface area contributed by atoms with Crippen LogP contribution in [-0.2, 0) is 13.1 Å². The van der Waals surface area contributed by atoms with Gasteiger partial charge in [0.1, 0.15) is 0 Å². The maximum Gasteiger partial charge on any atom is 0.0954 e. The highest BCUT2D eigenvalue weighted by Gasteiger charge is 2.08. The molecule has 2 aromatic heterocycles. The highest BCUT2D eigenvalue weighted by Crippen LogP contribution is 2.22. The molecule has 1 aromatic carbocycles. The molecular formula is C17H21N3S. The van der Waals surface area contributed by atoms with E-state index in [-0.39, 0.29) is 0 Å². The van der Waals surface area contributed by atoms with E-state index in [9.17, 15) is 0 Å². The van der Waals surface area contributed by atoms with Gasteiger partial charge in [0.2, 0.25) is 0 Å². The molecule has 0 saturated carbocycles. The van der Waals surface area contributed by atoms with Crippen LogP contribution in [0.3, 0.4) is 0 Å². The minimum absolute atomic E-state index is 0.509. The van der Waals surface area contributed by atoms with E-state index >= 15 is 0 Å². The molecule has 0 bridgehead atoms. The van der Waals surface area contributed by atoms with Crippen LogP contribution in [0.2, 0.25) is 0 Å². The molecule has 0 amide bonds. The van der Waals surface area contributed by atoms with Crippen molar-refractivity contribution in [3.63, 3.8) is 0 Å². The molecule has 0 aliphatic rings. The molecule has 0 unspecified atom stereocenters. The van der Waals surface area contributed by atoms with Crippen LogP contribution < -0.4 is 5.32 Å². The summed E-state index contributed by atoms with van der Waals surface area (Å²) in [7, 11) is 1.98. The third-order valence-corrected chi connectivity index (χ3v) is 4.81. The van der Waals surface area contributed by atoms with Crippen molar-refractivity contribution in [3.05, 3.63) is 52.1 Å². The van der Waals surface area contributed by atoms with Crippen LogP contribution in [0, 0.1) is 0 Å². The third kappa shape index (κ3) is 3.01. The molecule has 3 nitrogen and oxygen atoms in total. The van der Waals surface area contributed by atoms with Crippen LogP contribution in [0.1, 0.15) is 36.0 Å². The first-order chi connectivity index (χ1) is 10.2. The molecular weight excluding hydrogens is 278 g/mol. The summed E-state index contributed by atoms with van der Waals surface area (Å²) in [4.78, 5) is 4.73. The van der Waals surface area contributed by atoms with Crippen LogP contribution in [0.4, 0.5) is 0 Å². The van der Waals surface area contributed by atoms with E-state index < -0.39 is 0 Å². The number of nitrogens with zero attached hydrogens (tertiary/aromatic N) is 2. The lowest BCUT2D eigenvalue weighted by Gasteiger charge is -2.05. The van der Waals surface area contributed by atoms with Crippen LogP contribution in [0.5, 0.6) is 0 Å². The number of hydrogen-bond acceptors (Lipinski definition) is 3. The molecule has 0 aliphatic carbocycles. The fourth-order valence-electron chi connectivity index (χ4n) is 2.54. The quantitative estimate of drug-likeness (QED) is 0.772. The minimum Gasteiger partial charge on any atom is -0.341 e. The Morgan fingerprint density at radius 1 is 1.29 bits per heavy atom. The van der Waals surface area contributed by atoms with Gasteiger partial charge in [-0.3, -0.25) is 0 Å². The topological polar surface area (TPSA) is 29.9 Å². The van der Waals surface area contributed by atoms with Crippen molar-refractivity contribution in [2.24, 2.45) is 0 Å². The van der Waals surface area contributed by atoms with Gasteiger partial charge in [-0.25, -0.2) is 4.98 Å². The Hall–Kier alpha value is -1.65. The number of rotatable bonds is 5. The monoisotopic (exact) mass is 299 g/mol.